The van der Waals surface area contributed by atoms with Crippen molar-refractivity contribution >= 4 is 11.0 Å². The highest BCUT2D eigenvalue weighted by molar-refractivity contribution is 5.97. The molecule has 6 rings (SSSR count). The van der Waals surface area contributed by atoms with Gasteiger partial charge in [-0.2, -0.15) is 4.57 Å². The molecule has 0 N–H and O–H groups in total. The largest absolute Gasteiger partial charge is 0.295 e. The topological polar surface area (TPSA) is 21.7 Å². The predicted molar refractivity (Wildman–Crippen MR) is 140 cm³/mol. The smallest absolute Gasteiger partial charge is 0.257 e. The fourth-order valence-corrected chi connectivity index (χ4v) is 5.99. The lowest BCUT2D eigenvalue weighted by Gasteiger charge is -2.12. The quantitative estimate of drug-likeness (QED) is 0.275. The number of aryl methyl sites for hydroxylation is 6. The van der Waals surface area contributed by atoms with Crippen LogP contribution in [0.5, 0.6) is 0 Å². The minimum Gasteiger partial charge on any atom is -0.257 e. The molecule has 1 aliphatic carbocycles. The molecule has 0 fully saturated rings. The minimum absolute atomic E-state index is 0.899. The summed E-state index contributed by atoms with van der Waals surface area (Å²) >= 11 is 0. The number of benzene rings is 3. The third-order valence-corrected chi connectivity index (χ3v) is 7.33. The number of nitrogens with zero attached hydrogens (tertiary/aromatic N) is 3. The fraction of sp³-hybridized carbons (Fsp3) is 0.226. The third kappa shape index (κ3) is 2.89. The summed E-state index contributed by atoms with van der Waals surface area (Å²) in [4.78, 5) is 4.89. The van der Waals surface area contributed by atoms with Gasteiger partial charge in [-0.25, -0.2) is 4.57 Å². The normalized spacial score (nSPS) is 12.3. The van der Waals surface area contributed by atoms with Crippen LogP contribution in [0.25, 0.3) is 39.2 Å². The van der Waals surface area contributed by atoms with E-state index in [0.29, 0.717) is 0 Å². The average Bonchev–Trinajstić information content (AvgIpc) is 3.28. The van der Waals surface area contributed by atoms with E-state index >= 15 is 0 Å². The van der Waals surface area contributed by atoms with Crippen LogP contribution in [0.15, 0.2) is 60.7 Å². The lowest BCUT2D eigenvalue weighted by Crippen LogP contribution is -2.31. The summed E-state index contributed by atoms with van der Waals surface area (Å²) in [5, 5.41) is 0. The van der Waals surface area contributed by atoms with E-state index in [1.807, 2.05) is 0 Å². The number of fused-ring (bicyclic) bond motifs is 5. The number of imidazole rings is 1. The van der Waals surface area contributed by atoms with E-state index in [0.717, 1.165) is 12.1 Å². The van der Waals surface area contributed by atoms with Crippen molar-refractivity contribution in [2.45, 2.75) is 41.0 Å². The SMILES string of the molecule is Cc1cc(C)c(-n2c(-c3ccccc3C)[n+](C)c3c4c(ccc32)Cc2nc(C)ccc2-4)c(C)c1. The van der Waals surface area contributed by atoms with Gasteiger partial charge < -0.3 is 0 Å². The molecule has 5 aromatic rings. The summed E-state index contributed by atoms with van der Waals surface area (Å²) in [6.07, 6.45) is 0.899. The molecule has 0 atom stereocenters. The second-order valence-electron chi connectivity index (χ2n) is 9.87. The summed E-state index contributed by atoms with van der Waals surface area (Å²) in [5.41, 5.74) is 16.4. The van der Waals surface area contributed by atoms with Gasteiger partial charge in [-0.05, 0) is 75.1 Å². The lowest BCUT2D eigenvalue weighted by molar-refractivity contribution is -0.633. The van der Waals surface area contributed by atoms with E-state index in [-0.39, 0.29) is 0 Å². The van der Waals surface area contributed by atoms with Crippen molar-refractivity contribution in [3.63, 3.8) is 0 Å². The van der Waals surface area contributed by atoms with Crippen LogP contribution in [0.4, 0.5) is 0 Å². The zero-order chi connectivity index (χ0) is 23.7. The number of pyridine rings is 1. The first-order valence-corrected chi connectivity index (χ1v) is 12.0. The Morgan fingerprint density at radius 1 is 0.794 bits per heavy atom. The monoisotopic (exact) mass is 444 g/mol. The number of rotatable bonds is 2. The van der Waals surface area contributed by atoms with E-state index in [9.17, 15) is 0 Å². The van der Waals surface area contributed by atoms with Crippen molar-refractivity contribution < 1.29 is 4.57 Å². The van der Waals surface area contributed by atoms with Crippen molar-refractivity contribution in [2.24, 2.45) is 7.05 Å². The van der Waals surface area contributed by atoms with Gasteiger partial charge in [0.1, 0.15) is 5.69 Å². The van der Waals surface area contributed by atoms with Crippen LogP contribution >= 0.6 is 0 Å². The molecule has 2 aromatic heterocycles. The van der Waals surface area contributed by atoms with Gasteiger partial charge in [0.2, 0.25) is 0 Å². The summed E-state index contributed by atoms with van der Waals surface area (Å²) in [6, 6.07) is 22.3. The highest BCUT2D eigenvalue weighted by atomic mass is 15.2. The Bertz CT molecular complexity index is 1610. The molecule has 3 aromatic carbocycles. The lowest BCUT2D eigenvalue weighted by atomic mass is 10.0. The zero-order valence-electron chi connectivity index (χ0n) is 20.8. The van der Waals surface area contributed by atoms with E-state index in [1.54, 1.807) is 0 Å². The molecule has 1 aliphatic rings. The van der Waals surface area contributed by atoms with Crippen LogP contribution in [0.3, 0.4) is 0 Å². The molecule has 0 saturated heterocycles. The second-order valence-corrected chi connectivity index (χ2v) is 9.87. The molecular weight excluding hydrogens is 414 g/mol. The Morgan fingerprint density at radius 3 is 2.26 bits per heavy atom. The zero-order valence-corrected chi connectivity index (χ0v) is 20.8. The van der Waals surface area contributed by atoms with Gasteiger partial charge in [0.25, 0.3) is 5.82 Å². The van der Waals surface area contributed by atoms with Gasteiger partial charge >= 0.3 is 0 Å². The molecule has 0 aliphatic heterocycles. The Hall–Kier alpha value is -3.72. The average molecular weight is 445 g/mol. The maximum atomic E-state index is 4.89. The van der Waals surface area contributed by atoms with Crippen LogP contribution in [-0.4, -0.2) is 9.55 Å². The highest BCUT2D eigenvalue weighted by Crippen LogP contribution is 2.42. The predicted octanol–water partition coefficient (Wildman–Crippen LogP) is 6.63. The standard InChI is InChI=1S/C31H30N3/c1-18-15-20(3)29(21(4)16-18)34-27-14-12-23-17-26-25(13-11-22(5)32-26)28(23)30(27)33(6)31(34)24-10-8-7-9-19(24)2/h7-16H,17H2,1-6H3/q+1. The molecule has 0 bridgehead atoms. The van der Waals surface area contributed by atoms with Crippen LogP contribution in [0.2, 0.25) is 0 Å². The van der Waals surface area contributed by atoms with Crippen LogP contribution < -0.4 is 4.57 Å². The van der Waals surface area contributed by atoms with Crippen molar-refractivity contribution in [3.05, 3.63) is 99.9 Å². The molecule has 0 spiro atoms. The molecule has 0 saturated carbocycles. The fourth-order valence-electron chi connectivity index (χ4n) is 5.99. The molecule has 0 amide bonds. The van der Waals surface area contributed by atoms with Crippen LogP contribution in [0, 0.1) is 34.6 Å². The summed E-state index contributed by atoms with van der Waals surface area (Å²) in [7, 11) is 2.22. The van der Waals surface area contributed by atoms with E-state index < -0.39 is 0 Å². The van der Waals surface area contributed by atoms with Crippen LogP contribution in [-0.2, 0) is 13.5 Å². The molecule has 34 heavy (non-hydrogen) atoms. The summed E-state index contributed by atoms with van der Waals surface area (Å²) in [6.45, 7) is 10.9. The highest BCUT2D eigenvalue weighted by Gasteiger charge is 2.34. The molecule has 2 heterocycles. The number of hydrogen-bond donors (Lipinski definition) is 0. The van der Waals surface area contributed by atoms with Gasteiger partial charge in [-0.3, -0.25) is 4.98 Å². The Labute approximate surface area is 201 Å². The Morgan fingerprint density at radius 2 is 1.53 bits per heavy atom. The Balaban J connectivity index is 1.80. The first kappa shape index (κ1) is 20.9. The second kappa shape index (κ2) is 7.39. The van der Waals surface area contributed by atoms with Crippen LogP contribution in [0.1, 0.15) is 39.2 Å². The van der Waals surface area contributed by atoms with Crippen molar-refractivity contribution in [2.75, 3.05) is 0 Å². The van der Waals surface area contributed by atoms with E-state index in [4.69, 9.17) is 4.98 Å². The first-order chi connectivity index (χ1) is 16.3. The summed E-state index contributed by atoms with van der Waals surface area (Å²) < 4.78 is 4.89. The first-order valence-electron chi connectivity index (χ1n) is 12.0. The third-order valence-electron chi connectivity index (χ3n) is 7.33. The molecule has 3 nitrogen and oxygen atoms in total. The molecule has 3 heteroatoms. The van der Waals surface area contributed by atoms with E-state index in [1.165, 1.54) is 72.7 Å². The van der Waals surface area contributed by atoms with Gasteiger partial charge in [-0.1, -0.05) is 48.0 Å². The van der Waals surface area contributed by atoms with Gasteiger partial charge in [0.05, 0.1) is 18.3 Å². The summed E-state index contributed by atoms with van der Waals surface area (Å²) in [5.74, 6) is 1.21. The number of aromatic nitrogens is 3. The van der Waals surface area contributed by atoms with Gasteiger partial charge in [-0.15, -0.1) is 0 Å². The maximum Gasteiger partial charge on any atom is 0.295 e. The van der Waals surface area contributed by atoms with Gasteiger partial charge in [0, 0.05) is 23.2 Å². The van der Waals surface area contributed by atoms with E-state index in [2.05, 4.69) is 111 Å². The molecule has 0 unspecified atom stereocenters. The Kier molecular flexibility index (Phi) is 4.54. The van der Waals surface area contributed by atoms with Crippen molar-refractivity contribution in [1.29, 1.82) is 0 Å². The maximum absolute atomic E-state index is 4.89. The molecule has 0 radical (unpaired) electrons. The van der Waals surface area contributed by atoms with Gasteiger partial charge in [0.15, 0.2) is 11.0 Å². The number of hydrogen-bond acceptors (Lipinski definition) is 1. The van der Waals surface area contributed by atoms with Crippen molar-refractivity contribution in [1.82, 2.24) is 9.55 Å². The van der Waals surface area contributed by atoms with Crippen molar-refractivity contribution in [3.8, 4) is 28.2 Å². The molecule has 168 valence electrons. The molecular formula is C31H30N3+. The minimum atomic E-state index is 0.899.